The molecular weight excluding hydrogens is 86.4 g/mol. The maximum atomic E-state index is 3.47. The Bertz CT molecular complexity index is 12.3. The molecule has 0 spiro atoms. The van der Waals surface area contributed by atoms with Crippen LogP contribution in [0.1, 0.15) is 0 Å². The molecule has 2 heteroatoms. The van der Waals surface area contributed by atoms with Crippen LogP contribution in [0.25, 0.3) is 0 Å². The molecule has 0 fully saturated rings. The van der Waals surface area contributed by atoms with Gasteiger partial charge in [0, 0.05) is 0 Å². The van der Waals surface area contributed by atoms with E-state index < -0.39 is 0 Å². The van der Waals surface area contributed by atoms with E-state index in [2.05, 4.69) is 7.05 Å². The molecule has 0 aliphatic carbocycles. The molecule has 0 atom stereocenters. The Balaban J connectivity index is -0.0000000450. The van der Waals surface area contributed by atoms with E-state index in [9.17, 15) is 0 Å². The van der Waals surface area contributed by atoms with Gasteiger partial charge in [0.05, 0.1) is 0 Å². The summed E-state index contributed by atoms with van der Waals surface area (Å²) in [4.78, 5) is 1.75. The van der Waals surface area contributed by atoms with Crippen LogP contribution < -0.4 is 0 Å². The predicted molar refractivity (Wildman–Crippen MR) is 31.2 cm³/mol. The Hall–Kier alpha value is 0.726. The largest absolute Gasteiger partial charge is 2.00 e. The Morgan fingerprint density at radius 2 is 1.33 bits per heavy atom. The molecule has 0 saturated carbocycles. The fraction of sp³-hybridized carbons (Fsp3) is 0.500. The van der Waals surface area contributed by atoms with Crippen LogP contribution in [0.15, 0.2) is 0 Å². The van der Waals surface area contributed by atoms with Crippen molar-refractivity contribution in [3.8, 4) is 0 Å². The summed E-state index contributed by atoms with van der Waals surface area (Å²) in [7, 11) is 7.25. The average Bonchev–Trinajstić information content (AvgIpc) is 0.811. The second-order valence-corrected chi connectivity index (χ2v) is 1.08. The molecule has 0 heterocycles. The van der Waals surface area contributed by atoms with Crippen LogP contribution in [0.5, 0.6) is 0 Å². The standard InChI is InChI=1S/C3H8N.CH3.Mg/c1-4(2)3;;/h1H2,2-3H3;1H3;/q2*-1;+2. The number of nitrogens with zero attached hydrogens (tertiary/aromatic N) is 1. The van der Waals surface area contributed by atoms with Crippen LogP contribution in [-0.4, -0.2) is 42.0 Å². The van der Waals surface area contributed by atoms with Crippen molar-refractivity contribution in [3.63, 3.8) is 0 Å². The fourth-order valence-corrected chi connectivity index (χ4v) is 0. The van der Waals surface area contributed by atoms with Gasteiger partial charge in [-0.2, -0.15) is 0 Å². The van der Waals surface area contributed by atoms with Gasteiger partial charge in [-0.1, -0.05) is 0 Å². The fourth-order valence-electron chi connectivity index (χ4n) is 0. The van der Waals surface area contributed by atoms with Crippen LogP contribution in [-0.2, 0) is 0 Å². The first-order valence-electron chi connectivity index (χ1n) is 1.21. The van der Waals surface area contributed by atoms with Crippen molar-refractivity contribution in [2.45, 2.75) is 0 Å². The van der Waals surface area contributed by atoms with Gasteiger partial charge < -0.3 is 12.3 Å². The molecule has 0 unspecified atom stereocenters. The minimum atomic E-state index is 0. The SMILES string of the molecule is [CH2-]N(C)C.[CH3-].[Mg+2]. The molecule has 34 valence electrons. The summed E-state index contributed by atoms with van der Waals surface area (Å²) in [6, 6.07) is 0. The summed E-state index contributed by atoms with van der Waals surface area (Å²) in [6.45, 7) is 0. The molecular formula is C4H11MgN. The average molecular weight is 97.4 g/mol. The summed E-state index contributed by atoms with van der Waals surface area (Å²) >= 11 is 0. The van der Waals surface area contributed by atoms with Gasteiger partial charge >= 0.3 is 23.1 Å². The van der Waals surface area contributed by atoms with Gasteiger partial charge in [-0.05, 0) is 14.1 Å². The Morgan fingerprint density at radius 3 is 1.33 bits per heavy atom. The third-order valence-corrected chi connectivity index (χ3v) is 0. The van der Waals surface area contributed by atoms with E-state index in [1.54, 1.807) is 4.90 Å². The van der Waals surface area contributed by atoms with E-state index in [4.69, 9.17) is 0 Å². The van der Waals surface area contributed by atoms with E-state index in [0.29, 0.717) is 0 Å². The molecule has 0 aromatic heterocycles. The smallest absolute Gasteiger partial charge is 0.464 e. The van der Waals surface area contributed by atoms with Crippen LogP contribution in [0, 0.1) is 14.5 Å². The van der Waals surface area contributed by atoms with Crippen LogP contribution in [0.4, 0.5) is 0 Å². The van der Waals surface area contributed by atoms with E-state index in [0.717, 1.165) is 0 Å². The van der Waals surface area contributed by atoms with E-state index in [1.807, 2.05) is 14.1 Å². The molecule has 0 aliphatic heterocycles. The van der Waals surface area contributed by atoms with Crippen LogP contribution in [0.2, 0.25) is 0 Å². The van der Waals surface area contributed by atoms with Crippen LogP contribution in [0.3, 0.4) is 0 Å². The topological polar surface area (TPSA) is 3.24 Å². The van der Waals surface area contributed by atoms with Gasteiger partial charge in [0.2, 0.25) is 0 Å². The molecule has 0 amide bonds. The second kappa shape index (κ2) is 9.21. The van der Waals surface area contributed by atoms with Crippen molar-refractivity contribution < 1.29 is 0 Å². The third kappa shape index (κ3) is 124. The van der Waals surface area contributed by atoms with E-state index in [1.165, 1.54) is 0 Å². The van der Waals surface area contributed by atoms with Gasteiger partial charge in [-0.25, -0.2) is 0 Å². The quantitative estimate of drug-likeness (QED) is 0.313. The predicted octanol–water partition coefficient (Wildman–Crippen LogP) is 0.409. The molecule has 1 nitrogen and oxygen atoms in total. The number of hydrogen-bond donors (Lipinski definition) is 0. The maximum absolute atomic E-state index is 3.47. The van der Waals surface area contributed by atoms with Gasteiger partial charge in [-0.15, -0.1) is 0 Å². The summed E-state index contributed by atoms with van der Waals surface area (Å²) in [5.74, 6) is 0. The van der Waals surface area contributed by atoms with Gasteiger partial charge in [0.15, 0.2) is 0 Å². The van der Waals surface area contributed by atoms with Crippen molar-refractivity contribution in [2.24, 2.45) is 0 Å². The van der Waals surface area contributed by atoms with Crippen molar-refractivity contribution in [3.05, 3.63) is 14.5 Å². The normalized spacial score (nSPS) is 6.00. The first kappa shape index (κ1) is 15.9. The zero-order valence-electron chi connectivity index (χ0n) is 4.86. The first-order chi connectivity index (χ1) is 1.73. The van der Waals surface area contributed by atoms with Crippen molar-refractivity contribution in [1.82, 2.24) is 4.90 Å². The Labute approximate surface area is 56.9 Å². The Kier molecular flexibility index (Phi) is 24.4. The molecule has 0 rings (SSSR count). The first-order valence-corrected chi connectivity index (χ1v) is 1.21. The summed E-state index contributed by atoms with van der Waals surface area (Å²) < 4.78 is 0. The minimum Gasteiger partial charge on any atom is -0.464 e. The van der Waals surface area contributed by atoms with E-state index in [-0.39, 0.29) is 30.5 Å². The second-order valence-electron chi connectivity index (χ2n) is 1.08. The third-order valence-electron chi connectivity index (χ3n) is 0. The van der Waals surface area contributed by atoms with Crippen molar-refractivity contribution in [2.75, 3.05) is 14.1 Å². The molecule has 0 bridgehead atoms. The monoisotopic (exact) mass is 97.1 g/mol. The zero-order chi connectivity index (χ0) is 3.58. The van der Waals surface area contributed by atoms with E-state index >= 15 is 0 Å². The molecule has 0 saturated heterocycles. The summed E-state index contributed by atoms with van der Waals surface area (Å²) in [5.41, 5.74) is 0. The molecule has 0 N–H and O–H groups in total. The number of hydrogen-bond acceptors (Lipinski definition) is 1. The van der Waals surface area contributed by atoms with Gasteiger partial charge in [-0.3, -0.25) is 7.05 Å². The zero-order valence-corrected chi connectivity index (χ0v) is 6.28. The summed E-state index contributed by atoms with van der Waals surface area (Å²) in [6.07, 6.45) is 0. The van der Waals surface area contributed by atoms with Crippen LogP contribution >= 0.6 is 0 Å². The summed E-state index contributed by atoms with van der Waals surface area (Å²) in [5, 5.41) is 0. The number of rotatable bonds is 0. The van der Waals surface area contributed by atoms with Gasteiger partial charge in [0.1, 0.15) is 0 Å². The molecule has 0 radical (unpaired) electrons. The van der Waals surface area contributed by atoms with Gasteiger partial charge in [0.25, 0.3) is 0 Å². The maximum Gasteiger partial charge on any atom is 2.00 e. The molecule has 6 heavy (non-hydrogen) atoms. The minimum absolute atomic E-state index is 0. The molecule has 0 aliphatic rings. The van der Waals surface area contributed by atoms with Crippen molar-refractivity contribution >= 4 is 23.1 Å². The Morgan fingerprint density at radius 1 is 1.33 bits per heavy atom. The molecule has 0 aromatic rings. The molecule has 0 aromatic carbocycles. The van der Waals surface area contributed by atoms with Crippen molar-refractivity contribution in [1.29, 1.82) is 0 Å².